The van der Waals surface area contributed by atoms with Crippen LogP contribution in [-0.2, 0) is 4.79 Å². The highest BCUT2D eigenvalue weighted by molar-refractivity contribution is 6.22. The third-order valence-corrected chi connectivity index (χ3v) is 4.42. The summed E-state index contributed by atoms with van der Waals surface area (Å²) >= 11 is 3.48. The van der Waals surface area contributed by atoms with Gasteiger partial charge in [0, 0.05) is 6.54 Å². The molecule has 0 fully saturated rings. The summed E-state index contributed by atoms with van der Waals surface area (Å²) in [5, 5.41) is -5.69. The SMILES string of the molecule is CCCCCCCNC(=O)C(F)(F)C(F)(F)C(F)(F)C(F)(F)C(F)(F)C(F)(F)C(F)(F)Cl. The van der Waals surface area contributed by atoms with Crippen molar-refractivity contribution < 1.29 is 66.3 Å². The second-order valence-electron chi connectivity index (χ2n) is 6.61. The zero-order valence-electron chi connectivity index (χ0n) is 15.8. The van der Waals surface area contributed by atoms with Crippen LogP contribution in [0.3, 0.4) is 0 Å². The first kappa shape index (κ1) is 30.8. The van der Waals surface area contributed by atoms with E-state index >= 15 is 0 Å². The maximum Gasteiger partial charge on any atom is 0.393 e. The van der Waals surface area contributed by atoms with Crippen LogP contribution in [0.15, 0.2) is 0 Å². The lowest BCUT2D eigenvalue weighted by Gasteiger charge is -2.41. The molecule has 0 aromatic heterocycles. The molecule has 0 spiro atoms. The van der Waals surface area contributed by atoms with Gasteiger partial charge in [0.05, 0.1) is 0 Å². The standard InChI is InChI=1S/C15H16ClF14NO/c1-2-3-4-5-6-7-31-8(32)9(17,18)10(19,20)11(21,22)12(23,24)13(25,26)14(27,28)15(16,29)30/h2-7H2,1H3,(H,31,32). The van der Waals surface area contributed by atoms with E-state index < -0.39 is 53.4 Å². The first-order valence-corrected chi connectivity index (χ1v) is 8.98. The summed E-state index contributed by atoms with van der Waals surface area (Å²) in [5.41, 5.74) is 0. The fourth-order valence-corrected chi connectivity index (χ4v) is 2.27. The van der Waals surface area contributed by atoms with Crippen LogP contribution in [0, 0.1) is 0 Å². The molecule has 2 nitrogen and oxygen atoms in total. The molecule has 0 saturated heterocycles. The van der Waals surface area contributed by atoms with Crippen molar-refractivity contribution in [2.75, 3.05) is 6.54 Å². The summed E-state index contributed by atoms with van der Waals surface area (Å²) in [6, 6.07) is 0. The van der Waals surface area contributed by atoms with E-state index in [0.29, 0.717) is 19.3 Å². The lowest BCUT2D eigenvalue weighted by molar-refractivity contribution is -0.431. The molecule has 1 N–H and O–H groups in total. The first-order valence-electron chi connectivity index (χ1n) is 8.60. The number of hydrogen-bond donors (Lipinski definition) is 1. The summed E-state index contributed by atoms with van der Waals surface area (Å²) < 4.78 is 185. The molecule has 0 aromatic carbocycles. The molecule has 0 aromatic rings. The van der Waals surface area contributed by atoms with Crippen molar-refractivity contribution in [3.05, 3.63) is 0 Å². The van der Waals surface area contributed by atoms with E-state index in [1.54, 1.807) is 6.92 Å². The Balaban J connectivity index is 5.92. The van der Waals surface area contributed by atoms with Crippen LogP contribution in [0.2, 0.25) is 0 Å². The summed E-state index contributed by atoms with van der Waals surface area (Å²) in [6.07, 6.45) is 1.91. The normalized spacial score (nSPS) is 15.1. The number of carbonyl (C=O) groups is 1. The van der Waals surface area contributed by atoms with Crippen molar-refractivity contribution >= 4 is 17.5 Å². The van der Waals surface area contributed by atoms with Gasteiger partial charge >= 0.3 is 40.9 Å². The van der Waals surface area contributed by atoms with Gasteiger partial charge < -0.3 is 5.32 Å². The van der Waals surface area contributed by atoms with Crippen molar-refractivity contribution in [1.29, 1.82) is 0 Å². The van der Waals surface area contributed by atoms with Crippen molar-refractivity contribution in [2.45, 2.75) is 79.9 Å². The molecule has 0 rings (SSSR count). The quantitative estimate of drug-likeness (QED) is 0.161. The lowest BCUT2D eigenvalue weighted by atomic mass is 9.91. The van der Waals surface area contributed by atoms with Crippen molar-refractivity contribution in [3.63, 3.8) is 0 Å². The molecule has 0 bridgehead atoms. The van der Waals surface area contributed by atoms with E-state index in [1.807, 2.05) is 0 Å². The van der Waals surface area contributed by atoms with Crippen LogP contribution < -0.4 is 5.32 Å². The molecule has 0 aliphatic carbocycles. The molecule has 0 radical (unpaired) electrons. The van der Waals surface area contributed by atoms with Crippen molar-refractivity contribution in [2.24, 2.45) is 0 Å². The van der Waals surface area contributed by atoms with Gasteiger partial charge in [-0.25, -0.2) is 0 Å². The monoisotopic (exact) mass is 527 g/mol. The Labute approximate surface area is 176 Å². The van der Waals surface area contributed by atoms with Crippen LogP contribution in [0.4, 0.5) is 61.5 Å². The Hall–Kier alpha value is -1.22. The molecular formula is C15H16ClF14NO. The number of unbranched alkanes of at least 4 members (excludes halogenated alkanes) is 4. The summed E-state index contributed by atoms with van der Waals surface area (Å²) in [6.45, 7) is 0.928. The predicted molar refractivity (Wildman–Crippen MR) is 82.3 cm³/mol. The van der Waals surface area contributed by atoms with E-state index in [9.17, 15) is 66.3 Å². The maximum atomic E-state index is 13.6. The molecule has 0 aliphatic heterocycles. The zero-order chi connectivity index (χ0) is 26.0. The van der Waals surface area contributed by atoms with Gasteiger partial charge in [-0.15, -0.1) is 0 Å². The van der Waals surface area contributed by atoms with Gasteiger partial charge in [-0.2, -0.15) is 61.5 Å². The minimum Gasteiger partial charge on any atom is -0.351 e. The maximum absolute atomic E-state index is 13.6. The third-order valence-electron chi connectivity index (χ3n) is 4.18. The van der Waals surface area contributed by atoms with Crippen LogP contribution in [-0.4, -0.2) is 53.4 Å². The van der Waals surface area contributed by atoms with Gasteiger partial charge in [-0.05, 0) is 18.0 Å². The highest BCUT2D eigenvalue weighted by Crippen LogP contribution is 2.62. The van der Waals surface area contributed by atoms with E-state index in [1.165, 1.54) is 0 Å². The molecule has 0 heterocycles. The summed E-state index contributed by atoms with van der Waals surface area (Å²) in [7, 11) is 0. The zero-order valence-corrected chi connectivity index (χ0v) is 16.6. The lowest BCUT2D eigenvalue weighted by Crippen LogP contribution is -2.73. The van der Waals surface area contributed by atoms with Gasteiger partial charge in [0.25, 0.3) is 5.91 Å². The van der Waals surface area contributed by atoms with Gasteiger partial charge in [0.15, 0.2) is 0 Å². The Morgan fingerprint density at radius 2 is 1.00 bits per heavy atom. The average molecular weight is 528 g/mol. The number of carbonyl (C=O) groups excluding carboxylic acids is 1. The Morgan fingerprint density at radius 3 is 1.41 bits per heavy atom. The molecule has 0 aliphatic rings. The second-order valence-corrected chi connectivity index (χ2v) is 7.09. The molecule has 192 valence electrons. The smallest absolute Gasteiger partial charge is 0.351 e. The minimum absolute atomic E-state index is 0.158. The number of nitrogens with one attached hydrogen (secondary N) is 1. The highest BCUT2D eigenvalue weighted by Gasteiger charge is 2.93. The van der Waals surface area contributed by atoms with E-state index in [4.69, 9.17) is 0 Å². The van der Waals surface area contributed by atoms with Crippen LogP contribution >= 0.6 is 11.6 Å². The molecule has 0 saturated carbocycles. The summed E-state index contributed by atoms with van der Waals surface area (Å²) in [4.78, 5) is 11.2. The Kier molecular flexibility index (Phi) is 9.20. The Morgan fingerprint density at radius 1 is 0.625 bits per heavy atom. The fourth-order valence-electron chi connectivity index (χ4n) is 2.15. The highest BCUT2D eigenvalue weighted by atomic mass is 35.5. The number of rotatable bonds is 13. The predicted octanol–water partition coefficient (Wildman–Crippen LogP) is 6.72. The molecule has 17 heteroatoms. The van der Waals surface area contributed by atoms with Crippen LogP contribution in [0.1, 0.15) is 39.0 Å². The first-order chi connectivity index (χ1) is 14.0. The second kappa shape index (κ2) is 9.57. The number of hydrogen-bond acceptors (Lipinski definition) is 1. The van der Waals surface area contributed by atoms with E-state index in [-0.39, 0.29) is 12.8 Å². The topological polar surface area (TPSA) is 29.1 Å². The molecule has 0 unspecified atom stereocenters. The molecular weight excluding hydrogens is 512 g/mol. The van der Waals surface area contributed by atoms with Gasteiger partial charge in [-0.1, -0.05) is 32.6 Å². The van der Waals surface area contributed by atoms with Gasteiger partial charge in [0.2, 0.25) is 0 Å². The van der Waals surface area contributed by atoms with E-state index in [0.717, 1.165) is 5.32 Å². The van der Waals surface area contributed by atoms with Crippen LogP contribution in [0.25, 0.3) is 0 Å². The van der Waals surface area contributed by atoms with Crippen LogP contribution in [0.5, 0.6) is 0 Å². The Bertz CT molecular complexity index is 647. The molecule has 32 heavy (non-hydrogen) atoms. The van der Waals surface area contributed by atoms with E-state index in [2.05, 4.69) is 11.6 Å². The number of alkyl halides is 15. The average Bonchev–Trinajstić information content (AvgIpc) is 2.62. The third kappa shape index (κ3) is 4.98. The molecule has 0 atom stereocenters. The van der Waals surface area contributed by atoms with Gasteiger partial charge in [0.1, 0.15) is 0 Å². The summed E-state index contributed by atoms with van der Waals surface area (Å²) in [5.74, 6) is -50.0. The van der Waals surface area contributed by atoms with Gasteiger partial charge in [-0.3, -0.25) is 4.79 Å². The largest absolute Gasteiger partial charge is 0.393 e. The minimum atomic E-state index is -8.24. The molecule has 1 amide bonds. The number of amides is 1. The fraction of sp³-hybridized carbons (Fsp3) is 0.933. The van der Waals surface area contributed by atoms with Crippen molar-refractivity contribution in [1.82, 2.24) is 5.32 Å². The number of halogens is 15. The van der Waals surface area contributed by atoms with Crippen molar-refractivity contribution in [3.8, 4) is 0 Å².